The summed E-state index contributed by atoms with van der Waals surface area (Å²) in [6.07, 6.45) is 2.33. The third kappa shape index (κ3) is 5.48. The summed E-state index contributed by atoms with van der Waals surface area (Å²) in [7, 11) is 0. The normalized spacial score (nSPS) is 25.5. The molecule has 0 spiro atoms. The Kier molecular flexibility index (Phi) is 6.21. The van der Waals surface area contributed by atoms with Crippen LogP contribution in [0.3, 0.4) is 0 Å². The van der Waals surface area contributed by atoms with Crippen molar-refractivity contribution < 1.29 is 19.0 Å². The van der Waals surface area contributed by atoms with E-state index in [9.17, 15) is 4.79 Å². The van der Waals surface area contributed by atoms with Crippen LogP contribution in [-0.2, 0) is 25.6 Å². The Hall–Kier alpha value is -1.39. The van der Waals surface area contributed by atoms with Crippen LogP contribution in [0, 0.1) is 5.92 Å². The van der Waals surface area contributed by atoms with Gasteiger partial charge in [0.05, 0.1) is 12.7 Å². The van der Waals surface area contributed by atoms with Crippen molar-refractivity contribution in [3.63, 3.8) is 0 Å². The van der Waals surface area contributed by atoms with Crippen LogP contribution < -0.4 is 0 Å². The predicted octanol–water partition coefficient (Wildman–Crippen LogP) is 3.30. The van der Waals surface area contributed by atoms with Gasteiger partial charge in [0.2, 0.25) is 6.29 Å². The van der Waals surface area contributed by atoms with Crippen molar-refractivity contribution in [1.82, 2.24) is 0 Å². The van der Waals surface area contributed by atoms with Gasteiger partial charge in [0, 0.05) is 20.0 Å². The van der Waals surface area contributed by atoms with Crippen LogP contribution in [0.5, 0.6) is 0 Å². The number of rotatable bonds is 6. The molecule has 0 amide bonds. The maximum absolute atomic E-state index is 11.0. The molecule has 0 aromatic heterocycles. The zero-order chi connectivity index (χ0) is 15.1. The topological polar surface area (TPSA) is 44.8 Å². The third-order valence-corrected chi connectivity index (χ3v) is 3.77. The van der Waals surface area contributed by atoms with Crippen LogP contribution in [0.25, 0.3) is 0 Å². The second-order valence-corrected chi connectivity index (χ2v) is 5.60. The summed E-state index contributed by atoms with van der Waals surface area (Å²) in [5.74, 6) is 0.186. The maximum atomic E-state index is 11.0. The molecule has 1 aliphatic rings. The van der Waals surface area contributed by atoms with Crippen molar-refractivity contribution in [2.75, 3.05) is 6.61 Å². The van der Waals surface area contributed by atoms with E-state index in [1.54, 1.807) is 0 Å². The Morgan fingerprint density at radius 3 is 2.76 bits per heavy atom. The number of hydrogen-bond acceptors (Lipinski definition) is 4. The zero-order valence-corrected chi connectivity index (χ0v) is 12.8. The van der Waals surface area contributed by atoms with Gasteiger partial charge in [0.1, 0.15) is 0 Å². The number of hydrogen-bond donors (Lipinski definition) is 0. The summed E-state index contributed by atoms with van der Waals surface area (Å²) in [5, 5.41) is 0. The van der Waals surface area contributed by atoms with E-state index in [0.717, 1.165) is 19.3 Å². The molecule has 3 atom stereocenters. The van der Waals surface area contributed by atoms with E-state index < -0.39 is 6.29 Å². The molecule has 2 rings (SSSR count). The molecular formula is C17H24O4. The second kappa shape index (κ2) is 8.15. The fourth-order valence-corrected chi connectivity index (χ4v) is 2.57. The molecule has 0 N–H and O–H groups in total. The van der Waals surface area contributed by atoms with Gasteiger partial charge >= 0.3 is 5.97 Å². The van der Waals surface area contributed by atoms with Gasteiger partial charge < -0.3 is 14.2 Å². The van der Waals surface area contributed by atoms with Crippen LogP contribution in [-0.4, -0.2) is 25.0 Å². The van der Waals surface area contributed by atoms with Gasteiger partial charge in [-0.05, 0) is 24.3 Å². The quantitative estimate of drug-likeness (QED) is 0.596. The van der Waals surface area contributed by atoms with Crippen LogP contribution in [0.15, 0.2) is 30.3 Å². The van der Waals surface area contributed by atoms with Crippen molar-refractivity contribution in [3.8, 4) is 0 Å². The van der Waals surface area contributed by atoms with Crippen molar-refractivity contribution in [1.29, 1.82) is 0 Å². The lowest BCUT2D eigenvalue weighted by Crippen LogP contribution is -2.36. The summed E-state index contributed by atoms with van der Waals surface area (Å²) < 4.78 is 16.7. The number of benzene rings is 1. The van der Waals surface area contributed by atoms with Crippen molar-refractivity contribution >= 4 is 5.97 Å². The molecule has 0 radical (unpaired) electrons. The minimum absolute atomic E-state index is 0.0962. The molecule has 0 bridgehead atoms. The molecule has 1 aromatic carbocycles. The molecule has 1 heterocycles. The maximum Gasteiger partial charge on any atom is 0.304 e. The molecule has 1 aliphatic heterocycles. The Balaban J connectivity index is 1.69. The summed E-state index contributed by atoms with van der Waals surface area (Å²) in [4.78, 5) is 11.0. The lowest BCUT2D eigenvalue weighted by atomic mass is 9.94. The highest BCUT2D eigenvalue weighted by Gasteiger charge is 2.29. The SMILES string of the molecule is CC(=O)OC1CC[C@H](C)[C@@H](CCOCc2ccccc2)O1. The van der Waals surface area contributed by atoms with Crippen LogP contribution in [0.1, 0.15) is 38.7 Å². The van der Waals surface area contributed by atoms with E-state index >= 15 is 0 Å². The van der Waals surface area contributed by atoms with Gasteiger partial charge in [-0.1, -0.05) is 37.3 Å². The molecular weight excluding hydrogens is 268 g/mol. The van der Waals surface area contributed by atoms with E-state index in [1.807, 2.05) is 18.2 Å². The molecule has 1 fully saturated rings. The van der Waals surface area contributed by atoms with Crippen LogP contribution >= 0.6 is 0 Å². The summed E-state index contributed by atoms with van der Waals surface area (Å²) in [6, 6.07) is 10.1. The monoisotopic (exact) mass is 292 g/mol. The van der Waals surface area contributed by atoms with E-state index in [1.165, 1.54) is 12.5 Å². The molecule has 4 nitrogen and oxygen atoms in total. The Labute approximate surface area is 126 Å². The molecule has 4 heteroatoms. The number of esters is 1. The Bertz CT molecular complexity index is 432. The molecule has 0 aliphatic carbocycles. The average molecular weight is 292 g/mol. The first-order valence-corrected chi connectivity index (χ1v) is 7.59. The third-order valence-electron chi connectivity index (χ3n) is 3.77. The van der Waals surface area contributed by atoms with E-state index in [2.05, 4.69) is 19.1 Å². The minimum Gasteiger partial charge on any atom is -0.436 e. The zero-order valence-electron chi connectivity index (χ0n) is 12.8. The van der Waals surface area contributed by atoms with E-state index in [0.29, 0.717) is 19.1 Å². The highest BCUT2D eigenvalue weighted by Crippen LogP contribution is 2.27. The molecule has 21 heavy (non-hydrogen) atoms. The molecule has 1 unspecified atom stereocenters. The van der Waals surface area contributed by atoms with Crippen LogP contribution in [0.4, 0.5) is 0 Å². The fraction of sp³-hybridized carbons (Fsp3) is 0.588. The molecule has 1 saturated heterocycles. The lowest BCUT2D eigenvalue weighted by Gasteiger charge is -2.34. The number of carbonyl (C=O) groups excluding carboxylic acids is 1. The molecule has 116 valence electrons. The van der Waals surface area contributed by atoms with Gasteiger partial charge in [-0.15, -0.1) is 0 Å². The first-order chi connectivity index (χ1) is 10.1. The molecule has 1 aromatic rings. The van der Waals surface area contributed by atoms with E-state index in [4.69, 9.17) is 14.2 Å². The van der Waals surface area contributed by atoms with Crippen molar-refractivity contribution in [3.05, 3.63) is 35.9 Å². The van der Waals surface area contributed by atoms with Gasteiger partial charge in [0.25, 0.3) is 0 Å². The first kappa shape index (κ1) is 16.0. The average Bonchev–Trinajstić information content (AvgIpc) is 2.47. The number of carbonyl (C=O) groups is 1. The number of ether oxygens (including phenoxy) is 3. The summed E-state index contributed by atoms with van der Waals surface area (Å²) >= 11 is 0. The summed E-state index contributed by atoms with van der Waals surface area (Å²) in [6.45, 7) is 4.86. The van der Waals surface area contributed by atoms with Gasteiger partial charge in [-0.3, -0.25) is 4.79 Å². The Morgan fingerprint density at radius 2 is 2.05 bits per heavy atom. The predicted molar refractivity (Wildman–Crippen MR) is 79.5 cm³/mol. The fourth-order valence-electron chi connectivity index (χ4n) is 2.57. The van der Waals surface area contributed by atoms with Gasteiger partial charge in [-0.2, -0.15) is 0 Å². The molecule has 0 saturated carbocycles. The van der Waals surface area contributed by atoms with Crippen LogP contribution in [0.2, 0.25) is 0 Å². The van der Waals surface area contributed by atoms with Gasteiger partial charge in [-0.25, -0.2) is 0 Å². The van der Waals surface area contributed by atoms with E-state index in [-0.39, 0.29) is 12.1 Å². The first-order valence-electron chi connectivity index (χ1n) is 7.59. The van der Waals surface area contributed by atoms with Gasteiger partial charge in [0.15, 0.2) is 0 Å². The highest BCUT2D eigenvalue weighted by molar-refractivity contribution is 5.66. The van der Waals surface area contributed by atoms with Crippen molar-refractivity contribution in [2.45, 2.75) is 52.1 Å². The standard InChI is InChI=1S/C17H24O4/c1-13-8-9-17(20-14(2)18)21-16(13)10-11-19-12-15-6-4-3-5-7-15/h3-7,13,16-17H,8-12H2,1-2H3/t13-,16+,17?/m0/s1. The highest BCUT2D eigenvalue weighted by atomic mass is 16.7. The Morgan fingerprint density at radius 1 is 1.29 bits per heavy atom. The largest absolute Gasteiger partial charge is 0.436 e. The summed E-state index contributed by atoms with van der Waals surface area (Å²) in [5.41, 5.74) is 1.17. The van der Waals surface area contributed by atoms with Crippen molar-refractivity contribution in [2.24, 2.45) is 5.92 Å². The minimum atomic E-state index is -0.391. The second-order valence-electron chi connectivity index (χ2n) is 5.60. The smallest absolute Gasteiger partial charge is 0.304 e. The lowest BCUT2D eigenvalue weighted by molar-refractivity contribution is -0.212.